The Bertz CT molecular complexity index is 2530. The van der Waals surface area contributed by atoms with Crippen molar-refractivity contribution in [1.29, 1.82) is 0 Å². The molecule has 1 aliphatic carbocycles. The van der Waals surface area contributed by atoms with Crippen LogP contribution in [0.4, 0.5) is 15.0 Å². The Morgan fingerprint density at radius 3 is 2.45 bits per heavy atom. The van der Waals surface area contributed by atoms with Gasteiger partial charge in [-0.05, 0) is 102 Å². The van der Waals surface area contributed by atoms with E-state index in [0.29, 0.717) is 70.8 Å². The van der Waals surface area contributed by atoms with E-state index in [-0.39, 0.29) is 47.0 Å². The van der Waals surface area contributed by atoms with Crippen LogP contribution in [0.2, 0.25) is 0 Å². The number of carbonyl (C=O) groups is 1. The lowest BCUT2D eigenvalue weighted by Crippen LogP contribution is -2.50. The summed E-state index contributed by atoms with van der Waals surface area (Å²) < 4.78 is 64.9. The van der Waals surface area contributed by atoms with Crippen molar-refractivity contribution in [1.82, 2.24) is 24.6 Å². The molecule has 3 aromatic carbocycles. The average molecular weight is 811 g/mol. The first-order chi connectivity index (χ1) is 27.7. The maximum Gasteiger partial charge on any atom is 0.410 e. The van der Waals surface area contributed by atoms with Crippen LogP contribution in [-0.4, -0.2) is 82.3 Å². The normalized spacial score (nSPS) is 21.6. The molecule has 4 fully saturated rings. The average Bonchev–Trinajstić information content (AvgIpc) is 3.65. The predicted molar refractivity (Wildman–Crippen MR) is 219 cm³/mol. The van der Waals surface area contributed by atoms with Gasteiger partial charge in [-0.15, -0.1) is 0 Å². The molecule has 3 aliphatic heterocycles. The highest BCUT2D eigenvalue weighted by molar-refractivity contribution is 7.91. The van der Waals surface area contributed by atoms with Gasteiger partial charge in [-0.2, -0.15) is 5.10 Å². The van der Waals surface area contributed by atoms with E-state index < -0.39 is 21.5 Å². The standard InChI is InChI=1S/C44H51FN6O6S/c1-7-58(53,54)42-47-39-32(41(48-42)49-23-30-19-29(49)24-50(30)43(52)57-44(4,5)6)20-31(28-16-17-28)38(40(39)56-26(3)27-13-9-8-10-14-27)37-25(2)34(45)21-35-33(37)22-46-51(35)36-15-11-12-18-55-36/h8-10,13-14,20-22,26,28-30,36H,7,11-12,15-19,23-24H2,1-6H3/t26-,29+,30+,36?/m1/s1. The van der Waals surface area contributed by atoms with Crippen molar-refractivity contribution in [2.45, 2.75) is 121 Å². The Labute approximate surface area is 338 Å². The van der Waals surface area contributed by atoms with E-state index >= 15 is 4.39 Å². The molecule has 0 radical (unpaired) electrons. The van der Waals surface area contributed by atoms with E-state index in [0.717, 1.165) is 48.6 Å². The van der Waals surface area contributed by atoms with Gasteiger partial charge in [-0.3, -0.25) is 0 Å². The van der Waals surface area contributed by atoms with Gasteiger partial charge < -0.3 is 24.0 Å². The molecule has 5 aromatic rings. The number of piperazine rings is 1. The van der Waals surface area contributed by atoms with Crippen LogP contribution in [0, 0.1) is 12.7 Å². The van der Waals surface area contributed by atoms with Crippen LogP contribution in [0.5, 0.6) is 5.75 Å². The van der Waals surface area contributed by atoms with Crippen LogP contribution in [0.1, 0.15) is 108 Å². The summed E-state index contributed by atoms with van der Waals surface area (Å²) in [6.45, 7) is 12.3. The molecule has 0 N–H and O–H groups in total. The Balaban J connectivity index is 1.29. The van der Waals surface area contributed by atoms with Gasteiger partial charge in [0, 0.05) is 47.7 Å². The molecule has 58 heavy (non-hydrogen) atoms. The van der Waals surface area contributed by atoms with Crippen molar-refractivity contribution in [3.05, 3.63) is 71.2 Å². The molecule has 0 spiro atoms. The van der Waals surface area contributed by atoms with Crippen LogP contribution in [-0.2, 0) is 19.3 Å². The van der Waals surface area contributed by atoms with Gasteiger partial charge in [-0.25, -0.2) is 32.3 Å². The van der Waals surface area contributed by atoms with Crippen molar-refractivity contribution >= 4 is 43.6 Å². The summed E-state index contributed by atoms with van der Waals surface area (Å²) in [5.74, 6) is 0.425. The van der Waals surface area contributed by atoms with Crippen molar-refractivity contribution in [3.63, 3.8) is 0 Å². The molecular formula is C44H51FN6O6S. The summed E-state index contributed by atoms with van der Waals surface area (Å²) in [5, 5.41) is 5.91. The number of ether oxygens (including phenoxy) is 3. The fourth-order valence-electron chi connectivity index (χ4n) is 8.96. The van der Waals surface area contributed by atoms with Crippen LogP contribution in [0.25, 0.3) is 32.9 Å². The quantitative estimate of drug-likeness (QED) is 0.133. The predicted octanol–water partition coefficient (Wildman–Crippen LogP) is 8.80. The first-order valence-corrected chi connectivity index (χ1v) is 22.2. The van der Waals surface area contributed by atoms with Crippen LogP contribution in [0.3, 0.4) is 0 Å². The zero-order valence-electron chi connectivity index (χ0n) is 34.0. The molecule has 306 valence electrons. The monoisotopic (exact) mass is 810 g/mol. The minimum atomic E-state index is -3.92. The van der Waals surface area contributed by atoms with Crippen molar-refractivity contribution < 1.29 is 31.8 Å². The van der Waals surface area contributed by atoms with E-state index in [1.165, 1.54) is 0 Å². The molecule has 3 saturated heterocycles. The second-order valence-electron chi connectivity index (χ2n) is 17.3. The first kappa shape index (κ1) is 38.7. The number of benzene rings is 3. The van der Waals surface area contributed by atoms with E-state index in [4.69, 9.17) is 29.3 Å². The molecule has 4 aliphatic rings. The number of carbonyl (C=O) groups excluding carboxylic acids is 1. The molecule has 9 rings (SSSR count). The third-order valence-corrected chi connectivity index (χ3v) is 13.6. The van der Waals surface area contributed by atoms with Gasteiger partial charge in [0.15, 0.2) is 12.0 Å². The number of likely N-dealkylation sites (tertiary alicyclic amines) is 1. The van der Waals surface area contributed by atoms with Gasteiger partial charge in [0.2, 0.25) is 15.0 Å². The highest BCUT2D eigenvalue weighted by Crippen LogP contribution is 2.54. The van der Waals surface area contributed by atoms with E-state index in [2.05, 4.69) is 11.0 Å². The number of anilines is 1. The largest absolute Gasteiger partial charge is 0.483 e. The molecule has 4 atom stereocenters. The molecule has 14 heteroatoms. The number of sulfone groups is 1. The fraction of sp³-hybridized carbons (Fsp3) is 0.500. The fourth-order valence-corrected chi connectivity index (χ4v) is 9.68. The highest BCUT2D eigenvalue weighted by atomic mass is 32.2. The summed E-state index contributed by atoms with van der Waals surface area (Å²) in [6, 6.07) is 13.2. The number of hydrogen-bond acceptors (Lipinski definition) is 10. The molecule has 2 aromatic heterocycles. The molecule has 1 amide bonds. The molecule has 12 nitrogen and oxygen atoms in total. The number of rotatable bonds is 9. The second-order valence-corrected chi connectivity index (χ2v) is 19.4. The minimum Gasteiger partial charge on any atom is -0.483 e. The van der Waals surface area contributed by atoms with Gasteiger partial charge in [0.25, 0.3) is 0 Å². The molecule has 2 bridgehead atoms. The number of amides is 1. The third kappa shape index (κ3) is 6.85. The van der Waals surface area contributed by atoms with Crippen LogP contribution >= 0.6 is 0 Å². The Morgan fingerprint density at radius 1 is 1.02 bits per heavy atom. The lowest BCUT2D eigenvalue weighted by atomic mass is 9.88. The number of halogens is 1. The van der Waals surface area contributed by atoms with Gasteiger partial charge in [-0.1, -0.05) is 37.3 Å². The van der Waals surface area contributed by atoms with Crippen LogP contribution in [0.15, 0.2) is 53.8 Å². The zero-order valence-corrected chi connectivity index (χ0v) is 34.8. The molecule has 1 unspecified atom stereocenters. The maximum absolute atomic E-state index is 16.5. The Morgan fingerprint density at radius 2 is 1.79 bits per heavy atom. The summed E-state index contributed by atoms with van der Waals surface area (Å²) in [6.07, 6.45) is 5.90. The Kier molecular flexibility index (Phi) is 9.65. The number of hydrogen-bond donors (Lipinski definition) is 0. The lowest BCUT2D eigenvalue weighted by molar-refractivity contribution is -0.0366. The Hall–Kier alpha value is -4.82. The second kappa shape index (κ2) is 14.5. The maximum atomic E-state index is 16.5. The molecule has 5 heterocycles. The summed E-state index contributed by atoms with van der Waals surface area (Å²) in [7, 11) is -3.92. The van der Waals surface area contributed by atoms with Crippen molar-refractivity contribution in [3.8, 4) is 16.9 Å². The summed E-state index contributed by atoms with van der Waals surface area (Å²) in [5.41, 5.74) is 3.97. The van der Waals surface area contributed by atoms with E-state index in [1.54, 1.807) is 35.7 Å². The van der Waals surface area contributed by atoms with Crippen molar-refractivity contribution in [2.24, 2.45) is 0 Å². The molecule has 1 saturated carbocycles. The topological polar surface area (TPSA) is 129 Å². The van der Waals surface area contributed by atoms with E-state index in [1.807, 2.05) is 58.0 Å². The smallest absolute Gasteiger partial charge is 0.410 e. The first-order valence-electron chi connectivity index (χ1n) is 20.6. The summed E-state index contributed by atoms with van der Waals surface area (Å²) in [4.78, 5) is 26.9. The zero-order chi connectivity index (χ0) is 40.7. The lowest BCUT2D eigenvalue weighted by Gasteiger charge is -2.36. The number of aromatic nitrogens is 4. The highest BCUT2D eigenvalue weighted by Gasteiger charge is 2.48. The van der Waals surface area contributed by atoms with Gasteiger partial charge in [0.05, 0.1) is 29.6 Å². The SMILES string of the molecule is CCS(=O)(=O)c1nc(N2C[C@@H]3C[C@H]2CN3C(=O)OC(C)(C)C)c2cc(C3CC3)c(-c3c(C)c(F)cc4c3cnn4C3CCCCO3)c(O[C@H](C)c3ccccc3)c2n1. The number of nitrogens with zero attached hydrogens (tertiary/aromatic N) is 6. The van der Waals surface area contributed by atoms with E-state index in [9.17, 15) is 13.2 Å². The third-order valence-electron chi connectivity index (χ3n) is 12.1. The van der Waals surface area contributed by atoms with Gasteiger partial charge >= 0.3 is 6.09 Å². The summed E-state index contributed by atoms with van der Waals surface area (Å²) >= 11 is 0. The number of fused-ring (bicyclic) bond motifs is 4. The minimum absolute atomic E-state index is 0.123. The van der Waals surface area contributed by atoms with Crippen LogP contribution < -0.4 is 9.64 Å². The van der Waals surface area contributed by atoms with Gasteiger partial charge in [0.1, 0.15) is 28.9 Å². The molecular weight excluding hydrogens is 760 g/mol. The van der Waals surface area contributed by atoms with Crippen molar-refractivity contribution in [2.75, 3.05) is 30.3 Å².